The molecule has 0 radical (unpaired) electrons. The number of nitrogens with zero attached hydrogens (tertiary/aromatic N) is 2. The van der Waals surface area contributed by atoms with Crippen LogP contribution in [0.4, 0.5) is 0 Å². The zero-order valence-electron chi connectivity index (χ0n) is 12.6. The minimum atomic E-state index is -0.493. The van der Waals surface area contributed by atoms with E-state index in [1.165, 1.54) is 19.3 Å². The van der Waals surface area contributed by atoms with Gasteiger partial charge in [-0.25, -0.2) is 5.48 Å². The van der Waals surface area contributed by atoms with Gasteiger partial charge in [-0.2, -0.15) is 0 Å². The number of hydrogen-bond acceptors (Lipinski definition) is 5. The molecule has 1 spiro atoms. The summed E-state index contributed by atoms with van der Waals surface area (Å²) in [5.74, 6) is -0.493. The van der Waals surface area contributed by atoms with E-state index in [4.69, 9.17) is 5.21 Å². The first kappa shape index (κ1) is 14.1. The van der Waals surface area contributed by atoms with Gasteiger partial charge in [0.2, 0.25) is 0 Å². The van der Waals surface area contributed by atoms with E-state index >= 15 is 0 Å². The van der Waals surface area contributed by atoms with Crippen LogP contribution in [0, 0.1) is 5.41 Å². The molecule has 0 aromatic carbocycles. The van der Waals surface area contributed by atoms with Crippen LogP contribution >= 0.6 is 0 Å². The minimum absolute atomic E-state index is 0.426. The summed E-state index contributed by atoms with van der Waals surface area (Å²) < 4.78 is 0. The summed E-state index contributed by atoms with van der Waals surface area (Å²) in [6.45, 7) is 4.22. The molecule has 0 unspecified atom stereocenters. The van der Waals surface area contributed by atoms with Crippen LogP contribution in [-0.4, -0.2) is 46.7 Å². The molecule has 3 aliphatic rings. The van der Waals surface area contributed by atoms with E-state index in [0.717, 1.165) is 43.9 Å². The van der Waals surface area contributed by atoms with Crippen molar-refractivity contribution < 1.29 is 10.0 Å². The number of amides is 1. The summed E-state index contributed by atoms with van der Waals surface area (Å²) in [7, 11) is 0. The highest BCUT2D eigenvalue weighted by Gasteiger charge is 2.51. The molecule has 3 heterocycles. The summed E-state index contributed by atoms with van der Waals surface area (Å²) >= 11 is 0. The largest absolute Gasteiger partial charge is 0.316 e. The number of hydroxylamine groups is 1. The molecule has 6 nitrogen and oxygen atoms in total. The van der Waals surface area contributed by atoms with Crippen molar-refractivity contribution >= 4 is 5.91 Å². The van der Waals surface area contributed by atoms with Crippen molar-refractivity contribution in [3.8, 4) is 0 Å². The molecule has 118 valence electrons. The molecule has 1 amide bonds. The first-order valence-electron chi connectivity index (χ1n) is 8.09. The Morgan fingerprint density at radius 1 is 1.50 bits per heavy atom. The maximum atomic E-state index is 11.5. The summed E-state index contributed by atoms with van der Waals surface area (Å²) in [4.78, 5) is 18.5. The summed E-state index contributed by atoms with van der Waals surface area (Å²) in [5, 5.41) is 12.2. The molecule has 3 N–H and O–H groups in total. The standard InChI is InChI=1S/C16H22N4O2/c21-15(19-22)12-7-11-2-6-20(9-13(11)18-8-12)14-1-3-16(14)4-5-17-10-16/h7-8,14,17,22H,1-6,9-10H2,(H,19,21)/t14-,16+/m1/s1. The Bertz CT molecular complexity index is 598. The van der Waals surface area contributed by atoms with E-state index in [1.807, 2.05) is 6.07 Å². The Hall–Kier alpha value is -1.50. The Kier molecular flexibility index (Phi) is 3.40. The third-order valence-electron chi connectivity index (χ3n) is 5.78. The van der Waals surface area contributed by atoms with Crippen molar-refractivity contribution in [1.82, 2.24) is 20.7 Å². The van der Waals surface area contributed by atoms with Gasteiger partial charge in [-0.15, -0.1) is 0 Å². The first-order valence-corrected chi connectivity index (χ1v) is 8.09. The first-order chi connectivity index (χ1) is 10.7. The second-order valence-electron chi connectivity index (χ2n) is 6.83. The molecular formula is C16H22N4O2. The van der Waals surface area contributed by atoms with Gasteiger partial charge in [0.25, 0.3) is 5.91 Å². The van der Waals surface area contributed by atoms with Crippen LogP contribution in [0.3, 0.4) is 0 Å². The van der Waals surface area contributed by atoms with E-state index in [1.54, 1.807) is 11.7 Å². The molecule has 1 saturated carbocycles. The number of carbonyl (C=O) groups excluding carboxylic acids is 1. The monoisotopic (exact) mass is 302 g/mol. The van der Waals surface area contributed by atoms with Gasteiger partial charge in [0.1, 0.15) is 0 Å². The maximum absolute atomic E-state index is 11.5. The number of rotatable bonds is 2. The van der Waals surface area contributed by atoms with Crippen LogP contribution < -0.4 is 10.8 Å². The average molecular weight is 302 g/mol. The molecule has 22 heavy (non-hydrogen) atoms. The topological polar surface area (TPSA) is 77.5 Å². The van der Waals surface area contributed by atoms with Crippen molar-refractivity contribution in [2.45, 2.75) is 38.3 Å². The number of hydrogen-bond donors (Lipinski definition) is 3. The molecule has 4 rings (SSSR count). The number of carbonyl (C=O) groups is 1. The fourth-order valence-corrected chi connectivity index (χ4v) is 4.40. The molecule has 2 atom stereocenters. The number of pyridine rings is 1. The lowest BCUT2D eigenvalue weighted by atomic mass is 9.63. The SMILES string of the molecule is O=C(NO)c1cnc2c(c1)CCN([C@@H]1CC[C@@]13CCNC3)C2. The molecule has 1 aromatic heterocycles. The van der Waals surface area contributed by atoms with Gasteiger partial charge in [0.05, 0.1) is 11.3 Å². The zero-order valence-corrected chi connectivity index (χ0v) is 12.6. The van der Waals surface area contributed by atoms with E-state index < -0.39 is 5.91 Å². The third-order valence-corrected chi connectivity index (χ3v) is 5.78. The molecule has 1 aromatic rings. The molecule has 2 aliphatic heterocycles. The summed E-state index contributed by atoms with van der Waals surface area (Å²) in [5.41, 5.74) is 4.80. The van der Waals surface area contributed by atoms with Crippen molar-refractivity contribution in [1.29, 1.82) is 0 Å². The lowest BCUT2D eigenvalue weighted by molar-refractivity contribution is -0.0211. The van der Waals surface area contributed by atoms with Gasteiger partial charge in [-0.05, 0) is 49.3 Å². The van der Waals surface area contributed by atoms with Crippen LogP contribution in [-0.2, 0) is 13.0 Å². The smallest absolute Gasteiger partial charge is 0.276 e. The molecular weight excluding hydrogens is 280 g/mol. The van der Waals surface area contributed by atoms with Gasteiger partial charge in [0.15, 0.2) is 0 Å². The highest BCUT2D eigenvalue weighted by Crippen LogP contribution is 2.49. The highest BCUT2D eigenvalue weighted by molar-refractivity contribution is 5.93. The Morgan fingerprint density at radius 3 is 3.09 bits per heavy atom. The van der Waals surface area contributed by atoms with E-state index in [-0.39, 0.29) is 0 Å². The van der Waals surface area contributed by atoms with Crippen molar-refractivity contribution in [2.24, 2.45) is 5.41 Å². The summed E-state index contributed by atoms with van der Waals surface area (Å²) in [6, 6.07) is 2.54. The summed E-state index contributed by atoms with van der Waals surface area (Å²) in [6.07, 6.45) is 6.42. The predicted octanol–water partition coefficient (Wildman–Crippen LogP) is 0.701. The van der Waals surface area contributed by atoms with Crippen LogP contribution in [0.1, 0.15) is 40.9 Å². The van der Waals surface area contributed by atoms with Gasteiger partial charge in [-0.1, -0.05) is 0 Å². The van der Waals surface area contributed by atoms with E-state index in [0.29, 0.717) is 17.0 Å². The van der Waals surface area contributed by atoms with Crippen molar-refractivity contribution in [3.63, 3.8) is 0 Å². The second kappa shape index (κ2) is 5.30. The quantitative estimate of drug-likeness (QED) is 0.554. The molecule has 1 aliphatic carbocycles. The number of aromatic nitrogens is 1. The molecule has 0 bridgehead atoms. The van der Waals surface area contributed by atoms with Crippen molar-refractivity contribution in [2.75, 3.05) is 19.6 Å². The Labute approximate surface area is 129 Å². The molecule has 6 heteroatoms. The van der Waals surface area contributed by atoms with Gasteiger partial charge in [0, 0.05) is 31.9 Å². The molecule has 2 fully saturated rings. The fraction of sp³-hybridized carbons (Fsp3) is 0.625. The number of nitrogens with one attached hydrogen (secondary N) is 2. The van der Waals surface area contributed by atoms with E-state index in [2.05, 4.69) is 15.2 Å². The van der Waals surface area contributed by atoms with Crippen molar-refractivity contribution in [3.05, 3.63) is 29.1 Å². The normalized spacial score (nSPS) is 30.9. The minimum Gasteiger partial charge on any atom is -0.316 e. The van der Waals surface area contributed by atoms with E-state index in [9.17, 15) is 4.79 Å². The number of fused-ring (bicyclic) bond motifs is 1. The lowest BCUT2D eigenvalue weighted by Crippen LogP contribution is -2.57. The lowest BCUT2D eigenvalue weighted by Gasteiger charge is -2.53. The van der Waals surface area contributed by atoms with Crippen LogP contribution in [0.2, 0.25) is 0 Å². The zero-order chi connectivity index (χ0) is 15.2. The predicted molar refractivity (Wildman–Crippen MR) is 80.5 cm³/mol. The Morgan fingerprint density at radius 2 is 2.41 bits per heavy atom. The van der Waals surface area contributed by atoms with Gasteiger partial charge < -0.3 is 5.32 Å². The highest BCUT2D eigenvalue weighted by atomic mass is 16.5. The van der Waals surface area contributed by atoms with Gasteiger partial charge in [-0.3, -0.25) is 19.9 Å². The maximum Gasteiger partial charge on any atom is 0.276 e. The van der Waals surface area contributed by atoms with Crippen LogP contribution in [0.15, 0.2) is 12.3 Å². The third kappa shape index (κ3) is 2.14. The average Bonchev–Trinajstić information content (AvgIpc) is 3.05. The van der Waals surface area contributed by atoms with Crippen LogP contribution in [0.25, 0.3) is 0 Å². The molecule has 1 saturated heterocycles. The van der Waals surface area contributed by atoms with Gasteiger partial charge >= 0.3 is 0 Å². The second-order valence-corrected chi connectivity index (χ2v) is 6.83. The van der Waals surface area contributed by atoms with Crippen LogP contribution in [0.5, 0.6) is 0 Å². The Balaban J connectivity index is 1.51. The fourth-order valence-electron chi connectivity index (χ4n) is 4.40.